The van der Waals surface area contributed by atoms with Crippen molar-refractivity contribution in [3.8, 4) is 0 Å². The summed E-state index contributed by atoms with van der Waals surface area (Å²) in [6.45, 7) is 8.45. The zero-order chi connectivity index (χ0) is 10.7. The minimum Gasteiger partial charge on any atom is -0.313 e. The number of piperidine rings is 1. The number of hydrogen-bond donors (Lipinski definition) is 1. The molecule has 1 saturated heterocycles. The third kappa shape index (κ3) is 2.94. The molecule has 2 rings (SSSR count). The summed E-state index contributed by atoms with van der Waals surface area (Å²) in [5.74, 6) is 0.975. The summed E-state index contributed by atoms with van der Waals surface area (Å²) >= 11 is 0. The molecule has 1 heterocycles. The zero-order valence-corrected chi connectivity index (χ0v) is 10.3. The molecule has 2 aliphatic rings. The van der Waals surface area contributed by atoms with Crippen molar-refractivity contribution < 1.29 is 0 Å². The van der Waals surface area contributed by atoms with E-state index >= 15 is 0 Å². The maximum atomic E-state index is 3.66. The van der Waals surface area contributed by atoms with E-state index in [-0.39, 0.29) is 0 Å². The fourth-order valence-electron chi connectivity index (χ4n) is 3.06. The van der Waals surface area contributed by atoms with E-state index in [1.165, 1.54) is 51.7 Å². The quantitative estimate of drug-likeness (QED) is 0.765. The molecule has 0 bridgehead atoms. The van der Waals surface area contributed by atoms with Crippen LogP contribution in [0.4, 0.5) is 0 Å². The number of hydrogen-bond acceptors (Lipinski definition) is 2. The van der Waals surface area contributed by atoms with E-state index in [1.807, 2.05) is 0 Å². The first-order chi connectivity index (χ1) is 7.29. The molecule has 88 valence electrons. The first kappa shape index (κ1) is 11.4. The van der Waals surface area contributed by atoms with Crippen LogP contribution in [-0.2, 0) is 0 Å². The van der Waals surface area contributed by atoms with E-state index in [4.69, 9.17) is 0 Å². The monoisotopic (exact) mass is 210 g/mol. The lowest BCUT2D eigenvalue weighted by Crippen LogP contribution is -2.50. The smallest absolute Gasteiger partial charge is 0.0195 e. The first-order valence-electron chi connectivity index (χ1n) is 6.77. The molecule has 2 heteroatoms. The molecule has 0 aromatic heterocycles. The molecule has 0 spiro atoms. The molecule has 1 N–H and O–H groups in total. The minimum atomic E-state index is 0.773. The number of nitrogens with zero attached hydrogens (tertiary/aromatic N) is 1. The predicted molar refractivity (Wildman–Crippen MR) is 65.1 cm³/mol. The van der Waals surface area contributed by atoms with Crippen molar-refractivity contribution in [2.75, 3.05) is 19.6 Å². The van der Waals surface area contributed by atoms with Gasteiger partial charge in [-0.05, 0) is 44.7 Å². The van der Waals surface area contributed by atoms with Gasteiger partial charge in [0.25, 0.3) is 0 Å². The largest absolute Gasteiger partial charge is 0.313 e. The zero-order valence-electron chi connectivity index (χ0n) is 10.3. The normalized spacial score (nSPS) is 36.6. The first-order valence-corrected chi connectivity index (χ1v) is 6.77. The Hall–Kier alpha value is -0.0800. The SMILES string of the molecule is CCN(CC1CCCCN1)C1CC(C)C1. The van der Waals surface area contributed by atoms with E-state index < -0.39 is 0 Å². The molecule has 1 aliphatic carbocycles. The molecular formula is C13H26N2. The molecule has 1 atom stereocenters. The van der Waals surface area contributed by atoms with Crippen LogP contribution in [0.1, 0.15) is 46.0 Å². The molecular weight excluding hydrogens is 184 g/mol. The van der Waals surface area contributed by atoms with Crippen LogP contribution in [0.2, 0.25) is 0 Å². The van der Waals surface area contributed by atoms with E-state index in [0.717, 1.165) is 18.0 Å². The Balaban J connectivity index is 1.74. The highest BCUT2D eigenvalue weighted by Crippen LogP contribution is 2.31. The van der Waals surface area contributed by atoms with Crippen LogP contribution in [0.25, 0.3) is 0 Å². The topological polar surface area (TPSA) is 15.3 Å². The second-order valence-corrected chi connectivity index (χ2v) is 5.46. The summed E-state index contributed by atoms with van der Waals surface area (Å²) in [6.07, 6.45) is 7.05. The molecule has 0 amide bonds. The third-order valence-corrected chi connectivity index (χ3v) is 4.14. The molecule has 1 unspecified atom stereocenters. The number of nitrogens with one attached hydrogen (secondary N) is 1. The van der Waals surface area contributed by atoms with Crippen LogP contribution in [0, 0.1) is 5.92 Å². The van der Waals surface area contributed by atoms with Crippen LogP contribution in [0.5, 0.6) is 0 Å². The van der Waals surface area contributed by atoms with E-state index in [9.17, 15) is 0 Å². The average molecular weight is 210 g/mol. The summed E-state index contributed by atoms with van der Waals surface area (Å²) in [6, 6.07) is 1.67. The van der Waals surface area contributed by atoms with Gasteiger partial charge < -0.3 is 5.32 Å². The van der Waals surface area contributed by atoms with Crippen LogP contribution >= 0.6 is 0 Å². The van der Waals surface area contributed by atoms with Gasteiger partial charge in [-0.3, -0.25) is 4.90 Å². The molecule has 0 aromatic carbocycles. The standard InChI is InChI=1S/C13H26N2/c1-3-15(13-8-11(2)9-13)10-12-6-4-5-7-14-12/h11-14H,3-10H2,1-2H3. The Bertz CT molecular complexity index is 181. The van der Waals surface area contributed by atoms with Crippen LogP contribution in [0.3, 0.4) is 0 Å². The highest BCUT2D eigenvalue weighted by atomic mass is 15.2. The molecule has 0 radical (unpaired) electrons. The number of likely N-dealkylation sites (N-methyl/N-ethyl adjacent to an activating group) is 1. The van der Waals surface area contributed by atoms with Crippen molar-refractivity contribution in [2.24, 2.45) is 5.92 Å². The lowest BCUT2D eigenvalue weighted by atomic mass is 9.80. The average Bonchev–Trinajstić information content (AvgIpc) is 2.23. The van der Waals surface area contributed by atoms with Crippen molar-refractivity contribution in [2.45, 2.75) is 58.0 Å². The molecule has 2 fully saturated rings. The van der Waals surface area contributed by atoms with E-state index in [0.29, 0.717) is 0 Å². The maximum absolute atomic E-state index is 3.66. The molecule has 1 aliphatic heterocycles. The second kappa shape index (κ2) is 5.31. The van der Waals surface area contributed by atoms with Gasteiger partial charge >= 0.3 is 0 Å². The Morgan fingerprint density at radius 1 is 1.27 bits per heavy atom. The third-order valence-electron chi connectivity index (χ3n) is 4.14. The van der Waals surface area contributed by atoms with Crippen molar-refractivity contribution in [1.29, 1.82) is 0 Å². The van der Waals surface area contributed by atoms with Gasteiger partial charge in [0.05, 0.1) is 0 Å². The summed E-state index contributed by atoms with van der Waals surface area (Å²) < 4.78 is 0. The predicted octanol–water partition coefficient (Wildman–Crippen LogP) is 2.25. The Kier molecular flexibility index (Phi) is 4.04. The maximum Gasteiger partial charge on any atom is 0.0195 e. The van der Waals surface area contributed by atoms with Crippen molar-refractivity contribution in [1.82, 2.24) is 10.2 Å². The van der Waals surface area contributed by atoms with Crippen LogP contribution in [-0.4, -0.2) is 36.6 Å². The van der Waals surface area contributed by atoms with Crippen molar-refractivity contribution in [3.05, 3.63) is 0 Å². The lowest BCUT2D eigenvalue weighted by molar-refractivity contribution is 0.0782. The highest BCUT2D eigenvalue weighted by molar-refractivity contribution is 4.87. The summed E-state index contributed by atoms with van der Waals surface area (Å²) in [7, 11) is 0. The Morgan fingerprint density at radius 3 is 2.60 bits per heavy atom. The van der Waals surface area contributed by atoms with Gasteiger partial charge in [-0.25, -0.2) is 0 Å². The van der Waals surface area contributed by atoms with Gasteiger partial charge in [-0.2, -0.15) is 0 Å². The fourth-order valence-corrected chi connectivity index (χ4v) is 3.06. The lowest BCUT2D eigenvalue weighted by Gasteiger charge is -2.43. The Morgan fingerprint density at radius 2 is 2.07 bits per heavy atom. The second-order valence-electron chi connectivity index (χ2n) is 5.46. The van der Waals surface area contributed by atoms with E-state index in [2.05, 4.69) is 24.1 Å². The van der Waals surface area contributed by atoms with Crippen LogP contribution < -0.4 is 5.32 Å². The molecule has 0 aromatic rings. The summed E-state index contributed by atoms with van der Waals surface area (Å²) in [4.78, 5) is 2.70. The minimum absolute atomic E-state index is 0.773. The summed E-state index contributed by atoms with van der Waals surface area (Å²) in [5.41, 5.74) is 0. The summed E-state index contributed by atoms with van der Waals surface area (Å²) in [5, 5.41) is 3.66. The highest BCUT2D eigenvalue weighted by Gasteiger charge is 2.31. The Labute approximate surface area is 94.4 Å². The van der Waals surface area contributed by atoms with Gasteiger partial charge in [0.2, 0.25) is 0 Å². The number of rotatable bonds is 4. The van der Waals surface area contributed by atoms with Crippen molar-refractivity contribution >= 4 is 0 Å². The van der Waals surface area contributed by atoms with Gasteiger partial charge in [0, 0.05) is 18.6 Å². The van der Waals surface area contributed by atoms with Gasteiger partial charge in [0.15, 0.2) is 0 Å². The molecule has 15 heavy (non-hydrogen) atoms. The molecule has 2 nitrogen and oxygen atoms in total. The van der Waals surface area contributed by atoms with Gasteiger partial charge in [-0.15, -0.1) is 0 Å². The fraction of sp³-hybridized carbons (Fsp3) is 1.00. The van der Waals surface area contributed by atoms with Gasteiger partial charge in [0.1, 0.15) is 0 Å². The van der Waals surface area contributed by atoms with Crippen molar-refractivity contribution in [3.63, 3.8) is 0 Å². The van der Waals surface area contributed by atoms with E-state index in [1.54, 1.807) is 0 Å². The molecule has 1 saturated carbocycles. The van der Waals surface area contributed by atoms with Crippen LogP contribution in [0.15, 0.2) is 0 Å². The van der Waals surface area contributed by atoms with Gasteiger partial charge in [-0.1, -0.05) is 20.3 Å².